The minimum absolute atomic E-state index is 0.776. The number of pyridine rings is 1. The van der Waals surface area contributed by atoms with Gasteiger partial charge in [0.15, 0.2) is 0 Å². The van der Waals surface area contributed by atoms with Crippen molar-refractivity contribution in [2.45, 2.75) is 12.8 Å². The average Bonchev–Trinajstić information content (AvgIpc) is 2.30. The van der Waals surface area contributed by atoms with Gasteiger partial charge in [-0.25, -0.2) is 4.98 Å². The predicted octanol–water partition coefficient (Wildman–Crippen LogP) is 3.04. The lowest BCUT2D eigenvalue weighted by molar-refractivity contribution is 0.377. The molecule has 17 heavy (non-hydrogen) atoms. The second-order valence-electron chi connectivity index (χ2n) is 4.53. The number of aromatic nitrogens is 1. The Morgan fingerprint density at radius 3 is 2.76 bits per heavy atom. The van der Waals surface area contributed by atoms with Crippen molar-refractivity contribution in [1.82, 2.24) is 10.3 Å². The zero-order valence-electron chi connectivity index (χ0n) is 9.92. The van der Waals surface area contributed by atoms with Gasteiger partial charge in [-0.15, -0.1) is 0 Å². The van der Waals surface area contributed by atoms with Gasteiger partial charge in [-0.3, -0.25) is 0 Å². The normalized spacial score (nSPS) is 17.1. The van der Waals surface area contributed by atoms with Crippen molar-refractivity contribution in [1.29, 1.82) is 0 Å². The lowest BCUT2D eigenvalue weighted by atomic mass is 9.98. The molecular weight excluding hydrogens is 346 g/mol. The van der Waals surface area contributed by atoms with Crippen LogP contribution >= 0.6 is 31.9 Å². The van der Waals surface area contributed by atoms with Gasteiger partial charge in [-0.2, -0.15) is 0 Å². The molecular formula is C12H17Br2N3. The number of anilines is 1. The molecule has 1 saturated heterocycles. The van der Waals surface area contributed by atoms with Crippen LogP contribution in [0.5, 0.6) is 0 Å². The van der Waals surface area contributed by atoms with Crippen LogP contribution in [0.25, 0.3) is 0 Å². The molecule has 0 amide bonds. The molecule has 1 aromatic heterocycles. The first-order valence-electron chi connectivity index (χ1n) is 5.89. The number of hydrogen-bond donors (Lipinski definition) is 1. The van der Waals surface area contributed by atoms with E-state index in [9.17, 15) is 0 Å². The smallest absolute Gasteiger partial charge is 0.142 e. The van der Waals surface area contributed by atoms with E-state index in [0.717, 1.165) is 40.3 Å². The van der Waals surface area contributed by atoms with E-state index >= 15 is 0 Å². The van der Waals surface area contributed by atoms with E-state index in [1.807, 2.05) is 12.3 Å². The first-order valence-corrected chi connectivity index (χ1v) is 7.48. The van der Waals surface area contributed by atoms with Crippen LogP contribution in [0.2, 0.25) is 0 Å². The minimum Gasteiger partial charge on any atom is -0.358 e. The van der Waals surface area contributed by atoms with Crippen LogP contribution in [0.15, 0.2) is 21.2 Å². The van der Waals surface area contributed by atoms with Crippen LogP contribution in [0.1, 0.15) is 12.8 Å². The Labute approximate surface area is 119 Å². The van der Waals surface area contributed by atoms with E-state index in [1.165, 1.54) is 12.8 Å². The maximum atomic E-state index is 4.46. The maximum absolute atomic E-state index is 4.46. The minimum atomic E-state index is 0.776. The van der Waals surface area contributed by atoms with E-state index in [4.69, 9.17) is 0 Å². The van der Waals surface area contributed by atoms with E-state index in [0.29, 0.717) is 0 Å². The third-order valence-corrected chi connectivity index (χ3v) is 4.16. The van der Waals surface area contributed by atoms with Crippen molar-refractivity contribution in [2.24, 2.45) is 5.92 Å². The van der Waals surface area contributed by atoms with Crippen molar-refractivity contribution in [3.63, 3.8) is 0 Å². The highest BCUT2D eigenvalue weighted by Crippen LogP contribution is 2.27. The summed E-state index contributed by atoms with van der Waals surface area (Å²) in [6, 6.07) is 2.04. The summed E-state index contributed by atoms with van der Waals surface area (Å²) in [5, 5.41) is 3.40. The van der Waals surface area contributed by atoms with Crippen molar-refractivity contribution < 1.29 is 0 Å². The molecule has 0 saturated carbocycles. The third-order valence-electron chi connectivity index (χ3n) is 3.14. The summed E-state index contributed by atoms with van der Waals surface area (Å²) < 4.78 is 2.05. The largest absolute Gasteiger partial charge is 0.358 e. The van der Waals surface area contributed by atoms with Crippen LogP contribution in [-0.4, -0.2) is 31.7 Å². The Balaban J connectivity index is 2.00. The maximum Gasteiger partial charge on any atom is 0.142 e. The van der Waals surface area contributed by atoms with Crippen LogP contribution in [-0.2, 0) is 0 Å². The fourth-order valence-corrected chi connectivity index (χ4v) is 3.52. The highest BCUT2D eigenvalue weighted by atomic mass is 79.9. The van der Waals surface area contributed by atoms with Crippen molar-refractivity contribution in [3.05, 3.63) is 21.2 Å². The molecule has 0 radical (unpaired) electrons. The van der Waals surface area contributed by atoms with Gasteiger partial charge in [0.05, 0.1) is 4.47 Å². The van der Waals surface area contributed by atoms with Crippen molar-refractivity contribution in [3.8, 4) is 0 Å². The summed E-state index contributed by atoms with van der Waals surface area (Å²) in [5.41, 5.74) is 0. The first-order chi connectivity index (χ1) is 8.16. The zero-order valence-corrected chi connectivity index (χ0v) is 13.1. The van der Waals surface area contributed by atoms with Crippen LogP contribution in [0.3, 0.4) is 0 Å². The van der Waals surface area contributed by atoms with Gasteiger partial charge >= 0.3 is 0 Å². The molecule has 2 rings (SSSR count). The molecule has 1 aliphatic heterocycles. The van der Waals surface area contributed by atoms with Crippen molar-refractivity contribution >= 4 is 37.7 Å². The van der Waals surface area contributed by atoms with Crippen LogP contribution < -0.4 is 10.2 Å². The zero-order chi connectivity index (χ0) is 12.3. The fraction of sp³-hybridized carbons (Fsp3) is 0.583. The van der Waals surface area contributed by atoms with E-state index in [1.54, 1.807) is 0 Å². The molecule has 0 aliphatic carbocycles. The van der Waals surface area contributed by atoms with Gasteiger partial charge in [0, 0.05) is 24.3 Å². The van der Waals surface area contributed by atoms with E-state index in [-0.39, 0.29) is 0 Å². The lowest BCUT2D eigenvalue weighted by Gasteiger charge is -2.28. The van der Waals surface area contributed by atoms with Gasteiger partial charge in [-0.1, -0.05) is 0 Å². The Kier molecular flexibility index (Phi) is 4.82. The molecule has 0 aromatic carbocycles. The lowest BCUT2D eigenvalue weighted by Crippen LogP contribution is -2.34. The molecule has 0 spiro atoms. The van der Waals surface area contributed by atoms with Crippen LogP contribution in [0, 0.1) is 5.92 Å². The van der Waals surface area contributed by atoms with E-state index < -0.39 is 0 Å². The third kappa shape index (κ3) is 3.66. The number of hydrogen-bond acceptors (Lipinski definition) is 3. The summed E-state index contributed by atoms with van der Waals surface area (Å²) >= 11 is 6.99. The van der Waals surface area contributed by atoms with Gasteiger partial charge < -0.3 is 10.2 Å². The SMILES string of the molecule is CN(CC1CCNCC1)c1ncc(Br)cc1Br. The second-order valence-corrected chi connectivity index (χ2v) is 6.30. The second kappa shape index (κ2) is 6.16. The van der Waals surface area contributed by atoms with Gasteiger partial charge in [-0.05, 0) is 69.8 Å². The first kappa shape index (κ1) is 13.3. The number of piperidine rings is 1. The fourth-order valence-electron chi connectivity index (χ4n) is 2.23. The summed E-state index contributed by atoms with van der Waals surface area (Å²) in [4.78, 5) is 6.70. The molecule has 3 nitrogen and oxygen atoms in total. The molecule has 0 unspecified atom stereocenters. The molecule has 1 fully saturated rings. The molecule has 1 N–H and O–H groups in total. The number of nitrogens with zero attached hydrogens (tertiary/aromatic N) is 2. The number of nitrogens with one attached hydrogen (secondary N) is 1. The number of rotatable bonds is 3. The molecule has 5 heteroatoms. The predicted molar refractivity (Wildman–Crippen MR) is 78.5 cm³/mol. The quantitative estimate of drug-likeness (QED) is 0.895. The molecule has 0 bridgehead atoms. The van der Waals surface area contributed by atoms with Gasteiger partial charge in [0.25, 0.3) is 0 Å². The van der Waals surface area contributed by atoms with Gasteiger partial charge in [0.1, 0.15) is 5.82 Å². The summed E-state index contributed by atoms with van der Waals surface area (Å²) in [7, 11) is 2.11. The molecule has 94 valence electrons. The van der Waals surface area contributed by atoms with E-state index in [2.05, 4.69) is 54.1 Å². The molecule has 2 heterocycles. The monoisotopic (exact) mass is 361 g/mol. The van der Waals surface area contributed by atoms with Gasteiger partial charge in [0.2, 0.25) is 0 Å². The Hall–Kier alpha value is -0.130. The summed E-state index contributed by atoms with van der Waals surface area (Å²) in [6.45, 7) is 3.37. The Bertz CT molecular complexity index is 378. The highest BCUT2D eigenvalue weighted by molar-refractivity contribution is 9.11. The van der Waals surface area contributed by atoms with Crippen molar-refractivity contribution in [2.75, 3.05) is 31.6 Å². The number of halogens is 2. The Morgan fingerprint density at radius 1 is 1.41 bits per heavy atom. The standard InChI is InChI=1S/C12H17Br2N3/c1-17(8-9-2-4-15-5-3-9)12-11(14)6-10(13)7-16-12/h6-7,9,15H,2-5,8H2,1H3. The molecule has 1 aliphatic rings. The molecule has 0 atom stereocenters. The Morgan fingerprint density at radius 2 is 2.12 bits per heavy atom. The summed E-state index contributed by atoms with van der Waals surface area (Å²) in [6.07, 6.45) is 4.37. The summed E-state index contributed by atoms with van der Waals surface area (Å²) in [5.74, 6) is 1.80. The highest BCUT2D eigenvalue weighted by Gasteiger charge is 2.17. The van der Waals surface area contributed by atoms with Crippen LogP contribution in [0.4, 0.5) is 5.82 Å². The topological polar surface area (TPSA) is 28.2 Å². The molecule has 1 aromatic rings. The average molecular weight is 363 g/mol.